The summed E-state index contributed by atoms with van der Waals surface area (Å²) in [4.78, 5) is 20.8. The summed E-state index contributed by atoms with van der Waals surface area (Å²) in [6, 6.07) is 8.61. The maximum absolute atomic E-state index is 10.9. The maximum Gasteiger partial charge on any atom is 0.335 e. The lowest BCUT2D eigenvalue weighted by Gasteiger charge is -2.29. The number of hydrogen-bond donors (Lipinski definition) is 4. The third-order valence-electron chi connectivity index (χ3n) is 3.00. The van der Waals surface area contributed by atoms with Gasteiger partial charge in [0.25, 0.3) is 0 Å². The fourth-order valence-corrected chi connectivity index (χ4v) is 1.79. The Balaban J connectivity index is 2.60. The van der Waals surface area contributed by atoms with Gasteiger partial charge in [-0.3, -0.25) is 0 Å². The van der Waals surface area contributed by atoms with Crippen LogP contribution < -0.4 is 10.6 Å². The number of benzene rings is 1. The smallest absolute Gasteiger partial charge is 0.335 e. The minimum Gasteiger partial charge on any atom is -0.479 e. The molecule has 0 saturated carbocycles. The molecule has 4 atom stereocenters. The molecule has 2 unspecified atom stereocenters. The summed E-state index contributed by atoms with van der Waals surface area (Å²) in [5, 5.41) is 28.5. The van der Waals surface area contributed by atoms with Crippen molar-refractivity contribution < 1.29 is 39.4 Å². The molecule has 0 amide bonds. The number of rotatable bonds is 11. The molecule has 1 rings (SSSR count). The van der Waals surface area contributed by atoms with E-state index in [0.717, 1.165) is 0 Å². The molecule has 0 radical (unpaired) electrons. The minimum atomic E-state index is -1.97. The SMILES string of the molecule is CO[C@@H](COOc1ccccc1)C(O)[C@H](OCN)C(O)C(=O)O. The van der Waals surface area contributed by atoms with Gasteiger partial charge in [-0.25, -0.2) is 4.79 Å². The molecule has 5 N–H and O–H groups in total. The summed E-state index contributed by atoms with van der Waals surface area (Å²) in [5.74, 6) is -1.11. The molecule has 0 heterocycles. The lowest BCUT2D eigenvalue weighted by atomic mass is 10.0. The van der Waals surface area contributed by atoms with Gasteiger partial charge in [0, 0.05) is 7.11 Å². The Morgan fingerprint density at radius 1 is 1.26 bits per heavy atom. The van der Waals surface area contributed by atoms with E-state index in [1.165, 1.54) is 7.11 Å². The maximum atomic E-state index is 10.9. The van der Waals surface area contributed by atoms with Crippen LogP contribution in [0.2, 0.25) is 0 Å². The summed E-state index contributed by atoms with van der Waals surface area (Å²) >= 11 is 0. The number of carbonyl (C=O) groups is 1. The second-order valence-corrected chi connectivity index (χ2v) is 4.53. The second-order valence-electron chi connectivity index (χ2n) is 4.53. The van der Waals surface area contributed by atoms with E-state index in [4.69, 9.17) is 30.1 Å². The van der Waals surface area contributed by atoms with Crippen LogP contribution in [0.5, 0.6) is 5.75 Å². The van der Waals surface area contributed by atoms with Crippen LogP contribution in [0.15, 0.2) is 30.3 Å². The van der Waals surface area contributed by atoms with E-state index in [2.05, 4.69) is 0 Å². The van der Waals surface area contributed by atoms with Crippen LogP contribution >= 0.6 is 0 Å². The van der Waals surface area contributed by atoms with Crippen molar-refractivity contribution in [2.45, 2.75) is 24.4 Å². The number of nitrogens with two attached hydrogens (primary N) is 1. The lowest BCUT2D eigenvalue weighted by Crippen LogP contribution is -2.51. The fraction of sp³-hybridized carbons (Fsp3) is 0.500. The zero-order valence-corrected chi connectivity index (χ0v) is 12.6. The molecule has 0 saturated heterocycles. The molecule has 0 aliphatic carbocycles. The number of hydrogen-bond acceptors (Lipinski definition) is 8. The third-order valence-corrected chi connectivity index (χ3v) is 3.00. The highest BCUT2D eigenvalue weighted by atomic mass is 17.2. The van der Waals surface area contributed by atoms with Crippen LogP contribution in [0.4, 0.5) is 0 Å². The van der Waals surface area contributed by atoms with Gasteiger partial charge in [-0.1, -0.05) is 18.2 Å². The normalized spacial score (nSPS) is 16.3. The van der Waals surface area contributed by atoms with Gasteiger partial charge in [0.2, 0.25) is 0 Å². The first-order valence-corrected chi connectivity index (χ1v) is 6.79. The Bertz CT molecular complexity index is 457. The molecule has 23 heavy (non-hydrogen) atoms. The van der Waals surface area contributed by atoms with Crippen molar-refractivity contribution in [3.8, 4) is 5.75 Å². The molecule has 0 aromatic heterocycles. The van der Waals surface area contributed by atoms with Crippen molar-refractivity contribution in [3.05, 3.63) is 30.3 Å². The molecule has 9 nitrogen and oxygen atoms in total. The Kier molecular flexibility index (Phi) is 8.48. The number of carboxylic acid groups (broad SMARTS) is 1. The summed E-state index contributed by atoms with van der Waals surface area (Å²) in [6.07, 6.45) is -5.97. The highest BCUT2D eigenvalue weighted by Crippen LogP contribution is 2.14. The van der Waals surface area contributed by atoms with Crippen LogP contribution in [-0.4, -0.2) is 66.2 Å². The molecule has 0 fully saturated rings. The summed E-state index contributed by atoms with van der Waals surface area (Å²) in [7, 11) is 1.28. The Labute approximate surface area is 133 Å². The van der Waals surface area contributed by atoms with Gasteiger partial charge in [-0.05, 0) is 12.1 Å². The monoisotopic (exact) mass is 331 g/mol. The summed E-state index contributed by atoms with van der Waals surface area (Å²) in [6.45, 7) is -0.618. The lowest BCUT2D eigenvalue weighted by molar-refractivity contribution is -0.244. The molecule has 1 aromatic carbocycles. The fourth-order valence-electron chi connectivity index (χ4n) is 1.79. The molecule has 9 heteroatoms. The first-order valence-electron chi connectivity index (χ1n) is 6.79. The van der Waals surface area contributed by atoms with Gasteiger partial charge >= 0.3 is 5.97 Å². The van der Waals surface area contributed by atoms with Crippen molar-refractivity contribution >= 4 is 5.97 Å². The van der Waals surface area contributed by atoms with Gasteiger partial charge < -0.3 is 35.4 Å². The van der Waals surface area contributed by atoms with E-state index in [9.17, 15) is 15.0 Å². The number of ether oxygens (including phenoxy) is 2. The van der Waals surface area contributed by atoms with Crippen LogP contribution in [0.25, 0.3) is 0 Å². The van der Waals surface area contributed by atoms with E-state index >= 15 is 0 Å². The average Bonchev–Trinajstić information content (AvgIpc) is 2.56. The Morgan fingerprint density at radius 2 is 1.91 bits per heavy atom. The standard InChI is InChI=1S/C14H21NO8/c1-20-10(7-22-23-9-5-3-2-4-6-9)11(16)13(21-8-15)12(17)14(18)19/h2-6,10-13,16-17H,7-8,15H2,1H3,(H,18,19)/t10-,11?,12?,13-/m0/s1. The van der Waals surface area contributed by atoms with Crippen LogP contribution in [0.1, 0.15) is 0 Å². The number of aliphatic hydroxyl groups is 2. The van der Waals surface area contributed by atoms with E-state index in [-0.39, 0.29) is 13.3 Å². The summed E-state index contributed by atoms with van der Waals surface area (Å²) < 4.78 is 9.92. The Hall–Kier alpha value is -1.75. The number of carboxylic acids is 1. The molecule has 1 aromatic rings. The highest BCUT2D eigenvalue weighted by molar-refractivity contribution is 5.72. The van der Waals surface area contributed by atoms with Crippen molar-refractivity contribution in [2.24, 2.45) is 5.73 Å². The molecule has 130 valence electrons. The van der Waals surface area contributed by atoms with E-state index in [1.807, 2.05) is 0 Å². The first kappa shape index (κ1) is 19.3. The molecule has 0 aliphatic heterocycles. The average molecular weight is 331 g/mol. The van der Waals surface area contributed by atoms with Gasteiger partial charge in [0.05, 0.1) is 6.73 Å². The summed E-state index contributed by atoms with van der Waals surface area (Å²) in [5.41, 5.74) is 5.19. The largest absolute Gasteiger partial charge is 0.479 e. The Morgan fingerprint density at radius 3 is 2.43 bits per heavy atom. The highest BCUT2D eigenvalue weighted by Gasteiger charge is 2.37. The van der Waals surface area contributed by atoms with E-state index in [1.54, 1.807) is 30.3 Å². The predicted octanol–water partition coefficient (Wildman–Crippen LogP) is -0.880. The first-order chi connectivity index (χ1) is 11.0. The van der Waals surface area contributed by atoms with Gasteiger partial charge in [0.1, 0.15) is 24.9 Å². The molecule has 0 aliphatic rings. The van der Waals surface area contributed by atoms with Crippen molar-refractivity contribution in [1.82, 2.24) is 0 Å². The number of methoxy groups -OCH3 is 1. The molecular weight excluding hydrogens is 310 g/mol. The minimum absolute atomic E-state index is 0.233. The van der Waals surface area contributed by atoms with Gasteiger partial charge in [-0.15, -0.1) is 0 Å². The number of para-hydroxylation sites is 1. The second kappa shape index (κ2) is 10.1. The van der Waals surface area contributed by atoms with Gasteiger partial charge in [0.15, 0.2) is 11.9 Å². The van der Waals surface area contributed by atoms with E-state index in [0.29, 0.717) is 5.75 Å². The molecule has 0 spiro atoms. The zero-order valence-electron chi connectivity index (χ0n) is 12.6. The molecule has 0 bridgehead atoms. The van der Waals surface area contributed by atoms with Crippen LogP contribution in [-0.2, 0) is 19.2 Å². The third kappa shape index (κ3) is 6.10. The molecular formula is C14H21NO8. The van der Waals surface area contributed by atoms with E-state index < -0.39 is 30.4 Å². The van der Waals surface area contributed by atoms with Crippen molar-refractivity contribution in [3.63, 3.8) is 0 Å². The van der Waals surface area contributed by atoms with Gasteiger partial charge in [-0.2, -0.15) is 4.89 Å². The van der Waals surface area contributed by atoms with Crippen molar-refractivity contribution in [1.29, 1.82) is 0 Å². The van der Waals surface area contributed by atoms with Crippen LogP contribution in [0.3, 0.4) is 0 Å². The number of aliphatic carboxylic acids is 1. The zero-order chi connectivity index (χ0) is 17.2. The van der Waals surface area contributed by atoms with Crippen molar-refractivity contribution in [2.75, 3.05) is 20.4 Å². The van der Waals surface area contributed by atoms with Crippen LogP contribution in [0, 0.1) is 0 Å². The topological polar surface area (TPSA) is 141 Å². The predicted molar refractivity (Wildman–Crippen MR) is 77.4 cm³/mol. The number of aliphatic hydroxyl groups excluding tert-OH is 2. The quantitative estimate of drug-likeness (QED) is 0.231.